The van der Waals surface area contributed by atoms with Crippen molar-refractivity contribution < 1.29 is 45.5 Å². The summed E-state index contributed by atoms with van der Waals surface area (Å²) in [4.78, 5) is 56.9. The highest BCUT2D eigenvalue weighted by molar-refractivity contribution is 8.04. The number of fused-ring (bicyclic) bond motifs is 1. The van der Waals surface area contributed by atoms with Crippen LogP contribution in [0, 0.1) is 0 Å². The van der Waals surface area contributed by atoms with Gasteiger partial charge < -0.3 is 15.0 Å². The van der Waals surface area contributed by atoms with E-state index in [0.29, 0.717) is 6.42 Å². The number of carbonyl (C=O) groups is 4. The molecule has 3 heterocycles. The molecule has 0 spiro atoms. The standard InChI is InChI=1S/C25H25F3N4O7S/c1-2-4-18(30-22(34)15-6-8-17(9-7-15)39-25(26,27)28)23(35)31-12-10-19-21(31)20(33)14-32(19)40(37,38)24(36)16-5-3-11-29-13-16/h3,5-9,11,13,18-19,21H,2,4,10,12,14H2,1H3,(H,30,34). The van der Waals surface area contributed by atoms with E-state index in [-0.39, 0.29) is 30.5 Å². The van der Waals surface area contributed by atoms with Crippen LogP contribution in [0.15, 0.2) is 48.8 Å². The quantitative estimate of drug-likeness (QED) is 0.497. The zero-order valence-corrected chi connectivity index (χ0v) is 21.9. The van der Waals surface area contributed by atoms with Crippen molar-refractivity contribution in [2.24, 2.45) is 0 Å². The molecule has 4 rings (SSSR count). The van der Waals surface area contributed by atoms with E-state index in [9.17, 15) is 40.8 Å². The maximum atomic E-state index is 13.5. The number of Topliss-reactive ketones (excluding diaryl/α,β-unsaturated/α-hetero) is 1. The van der Waals surface area contributed by atoms with Gasteiger partial charge >= 0.3 is 6.36 Å². The number of amides is 2. The first-order chi connectivity index (χ1) is 18.8. The van der Waals surface area contributed by atoms with Crippen LogP contribution in [0.4, 0.5) is 13.2 Å². The molecule has 2 fully saturated rings. The highest BCUT2D eigenvalue weighted by Crippen LogP contribution is 2.33. The number of aromatic nitrogens is 1. The summed E-state index contributed by atoms with van der Waals surface area (Å²) in [6.07, 6.45) is -1.66. The maximum Gasteiger partial charge on any atom is 0.573 e. The minimum absolute atomic E-state index is 0.0204. The van der Waals surface area contributed by atoms with Gasteiger partial charge in [-0.05, 0) is 49.2 Å². The van der Waals surface area contributed by atoms with Crippen LogP contribution >= 0.6 is 0 Å². The average Bonchev–Trinajstić information content (AvgIpc) is 3.49. The topological polar surface area (TPSA) is 143 Å². The minimum Gasteiger partial charge on any atom is -0.406 e. The molecule has 2 aliphatic rings. The predicted octanol–water partition coefficient (Wildman–Crippen LogP) is 1.90. The first-order valence-corrected chi connectivity index (χ1v) is 13.7. The number of likely N-dealkylation sites (tertiary alicyclic amines) is 1. The number of carbonyl (C=O) groups excluding carboxylic acids is 4. The number of hydrogen-bond acceptors (Lipinski definition) is 8. The van der Waals surface area contributed by atoms with E-state index in [1.807, 2.05) is 0 Å². The van der Waals surface area contributed by atoms with E-state index in [1.54, 1.807) is 6.92 Å². The summed E-state index contributed by atoms with van der Waals surface area (Å²) in [6.45, 7) is 1.21. The number of nitrogens with one attached hydrogen (secondary N) is 1. The normalized spacial score (nSPS) is 20.2. The molecule has 15 heteroatoms. The molecule has 2 aliphatic heterocycles. The van der Waals surface area contributed by atoms with Crippen LogP contribution in [0.25, 0.3) is 0 Å². The molecular weight excluding hydrogens is 557 g/mol. The second-order valence-corrected chi connectivity index (χ2v) is 11.1. The van der Waals surface area contributed by atoms with Gasteiger partial charge in [-0.3, -0.25) is 24.2 Å². The van der Waals surface area contributed by atoms with Crippen molar-refractivity contribution in [3.05, 3.63) is 59.9 Å². The second kappa shape index (κ2) is 11.3. The number of sulfonamides is 1. The smallest absolute Gasteiger partial charge is 0.406 e. The van der Waals surface area contributed by atoms with Gasteiger partial charge in [0.1, 0.15) is 17.8 Å². The van der Waals surface area contributed by atoms with Crippen LogP contribution in [-0.2, 0) is 19.6 Å². The lowest BCUT2D eigenvalue weighted by Crippen LogP contribution is -2.52. The first-order valence-electron chi connectivity index (χ1n) is 12.3. The molecule has 11 nitrogen and oxygen atoms in total. The van der Waals surface area contributed by atoms with Gasteiger partial charge in [0.25, 0.3) is 21.0 Å². The monoisotopic (exact) mass is 582 g/mol. The Labute approximate surface area is 227 Å². The van der Waals surface area contributed by atoms with E-state index in [4.69, 9.17) is 0 Å². The van der Waals surface area contributed by atoms with Gasteiger partial charge in [0.05, 0.1) is 18.2 Å². The molecule has 2 aromatic rings. The summed E-state index contributed by atoms with van der Waals surface area (Å²) in [7, 11) is -4.58. The van der Waals surface area contributed by atoms with Crippen LogP contribution < -0.4 is 10.1 Å². The van der Waals surface area contributed by atoms with E-state index in [2.05, 4.69) is 15.0 Å². The fourth-order valence-corrected chi connectivity index (χ4v) is 6.38. The molecule has 1 N–H and O–H groups in total. The summed E-state index contributed by atoms with van der Waals surface area (Å²) in [5.41, 5.74) is -0.182. The summed E-state index contributed by atoms with van der Waals surface area (Å²) in [6, 6.07) is 3.69. The lowest BCUT2D eigenvalue weighted by atomic mass is 10.1. The van der Waals surface area contributed by atoms with Crippen molar-refractivity contribution in [2.45, 2.75) is 50.7 Å². The number of ether oxygens (including phenoxy) is 1. The average molecular weight is 583 g/mol. The summed E-state index contributed by atoms with van der Waals surface area (Å²) in [5, 5.41) is 1.35. The zero-order chi connectivity index (χ0) is 29.2. The molecule has 40 heavy (non-hydrogen) atoms. The first kappa shape index (κ1) is 29.1. The molecule has 3 atom stereocenters. The Morgan fingerprint density at radius 3 is 2.45 bits per heavy atom. The second-order valence-electron chi connectivity index (χ2n) is 9.27. The zero-order valence-electron chi connectivity index (χ0n) is 21.1. The molecule has 2 saturated heterocycles. The van der Waals surface area contributed by atoms with Crippen molar-refractivity contribution in [2.75, 3.05) is 13.1 Å². The number of alkyl halides is 3. The largest absolute Gasteiger partial charge is 0.573 e. The number of hydrogen-bond donors (Lipinski definition) is 1. The molecule has 0 saturated carbocycles. The number of rotatable bonds is 8. The van der Waals surface area contributed by atoms with E-state index < -0.39 is 69.5 Å². The molecule has 214 valence electrons. The Hall–Kier alpha value is -3.85. The van der Waals surface area contributed by atoms with Gasteiger partial charge in [0.2, 0.25) is 5.91 Å². The SMILES string of the molecule is CCCC(NC(=O)c1ccc(OC(F)(F)F)cc1)C(=O)N1CCC2C1C(=O)CN2S(=O)(=O)C(=O)c1cccnc1. The number of ketones is 1. The summed E-state index contributed by atoms with van der Waals surface area (Å²) >= 11 is 0. The Morgan fingerprint density at radius 1 is 1.15 bits per heavy atom. The van der Waals surface area contributed by atoms with E-state index >= 15 is 0 Å². The van der Waals surface area contributed by atoms with Crippen LogP contribution in [0.5, 0.6) is 5.75 Å². The van der Waals surface area contributed by atoms with Crippen LogP contribution in [0.2, 0.25) is 0 Å². The molecule has 0 aliphatic carbocycles. The molecule has 0 bridgehead atoms. The molecule has 3 unspecified atom stereocenters. The minimum atomic E-state index is -4.89. The van der Waals surface area contributed by atoms with E-state index in [0.717, 1.165) is 34.8 Å². The van der Waals surface area contributed by atoms with E-state index in [1.165, 1.54) is 23.2 Å². The highest BCUT2D eigenvalue weighted by atomic mass is 32.2. The Balaban J connectivity index is 1.48. The molecule has 1 aromatic carbocycles. The van der Waals surface area contributed by atoms with Crippen molar-refractivity contribution in [1.29, 1.82) is 0 Å². The number of pyridine rings is 1. The summed E-state index contributed by atoms with van der Waals surface area (Å²) < 4.78 is 68.0. The highest BCUT2D eigenvalue weighted by Gasteiger charge is 2.55. The third-order valence-electron chi connectivity index (χ3n) is 6.63. The predicted molar refractivity (Wildman–Crippen MR) is 132 cm³/mol. The lowest BCUT2D eigenvalue weighted by molar-refractivity contribution is -0.274. The lowest BCUT2D eigenvalue weighted by Gasteiger charge is -2.28. The van der Waals surface area contributed by atoms with Crippen molar-refractivity contribution >= 4 is 32.7 Å². The Bertz CT molecular complexity index is 1400. The van der Waals surface area contributed by atoms with Crippen LogP contribution in [0.3, 0.4) is 0 Å². The Morgan fingerprint density at radius 2 is 1.85 bits per heavy atom. The van der Waals surface area contributed by atoms with Gasteiger partial charge in [-0.15, -0.1) is 13.2 Å². The van der Waals surface area contributed by atoms with Gasteiger partial charge in [-0.1, -0.05) is 13.3 Å². The third kappa shape index (κ3) is 5.99. The molecule has 2 amide bonds. The third-order valence-corrected chi connectivity index (χ3v) is 8.35. The fourth-order valence-electron chi connectivity index (χ4n) is 4.88. The number of benzene rings is 1. The van der Waals surface area contributed by atoms with Gasteiger partial charge in [0, 0.05) is 24.5 Å². The Kier molecular flexibility index (Phi) is 8.25. The van der Waals surface area contributed by atoms with Crippen molar-refractivity contribution in [1.82, 2.24) is 19.5 Å². The van der Waals surface area contributed by atoms with Crippen LogP contribution in [0.1, 0.15) is 46.9 Å². The molecule has 0 radical (unpaired) electrons. The molecule has 1 aromatic heterocycles. The van der Waals surface area contributed by atoms with Crippen LogP contribution in [-0.4, -0.2) is 82.9 Å². The number of nitrogens with zero attached hydrogens (tertiary/aromatic N) is 3. The van der Waals surface area contributed by atoms with Crippen molar-refractivity contribution in [3.8, 4) is 5.75 Å². The van der Waals surface area contributed by atoms with Gasteiger partial charge in [-0.25, -0.2) is 8.42 Å². The van der Waals surface area contributed by atoms with Gasteiger partial charge in [-0.2, -0.15) is 4.31 Å². The molecular formula is C25H25F3N4O7S. The fraction of sp³-hybridized carbons (Fsp3) is 0.400. The summed E-state index contributed by atoms with van der Waals surface area (Å²) in [5.74, 6) is -2.41. The van der Waals surface area contributed by atoms with Crippen molar-refractivity contribution in [3.63, 3.8) is 0 Å². The number of halogens is 3. The maximum absolute atomic E-state index is 13.5. The van der Waals surface area contributed by atoms with Gasteiger partial charge in [0.15, 0.2) is 5.78 Å².